The number of nitrogens with zero attached hydrogens (tertiary/aromatic N) is 1. The van der Waals surface area contributed by atoms with Crippen molar-refractivity contribution in [1.82, 2.24) is 5.32 Å². The first kappa shape index (κ1) is 17.7. The summed E-state index contributed by atoms with van der Waals surface area (Å²) in [6.07, 6.45) is 0.332. The molecule has 7 nitrogen and oxygen atoms in total. The Kier molecular flexibility index (Phi) is 5.73. The number of nitro benzene ring substituents is 1. The van der Waals surface area contributed by atoms with Crippen LogP contribution in [0.15, 0.2) is 12.1 Å². The summed E-state index contributed by atoms with van der Waals surface area (Å²) < 4.78 is 10.2. The Labute approximate surface area is 129 Å². The molecule has 0 heterocycles. The van der Waals surface area contributed by atoms with Gasteiger partial charge in [0.05, 0.1) is 25.2 Å². The minimum Gasteiger partial charge on any atom is -0.493 e. The summed E-state index contributed by atoms with van der Waals surface area (Å²) in [5, 5.41) is 13.9. The first-order valence-corrected chi connectivity index (χ1v) is 6.88. The molecule has 0 unspecified atom stereocenters. The summed E-state index contributed by atoms with van der Waals surface area (Å²) in [4.78, 5) is 22.5. The van der Waals surface area contributed by atoms with Crippen LogP contribution in [0.2, 0.25) is 0 Å². The highest BCUT2D eigenvalue weighted by Gasteiger charge is 2.22. The molecule has 1 N–H and O–H groups in total. The number of rotatable bonds is 6. The smallest absolute Gasteiger partial charge is 0.276 e. The Balaban J connectivity index is 2.93. The van der Waals surface area contributed by atoms with Crippen molar-refractivity contribution < 1.29 is 19.2 Å². The van der Waals surface area contributed by atoms with Crippen LogP contribution in [-0.4, -0.2) is 31.6 Å². The Morgan fingerprint density at radius 1 is 1.23 bits per heavy atom. The molecule has 1 rings (SSSR count). The summed E-state index contributed by atoms with van der Waals surface area (Å²) in [7, 11) is 2.89. The van der Waals surface area contributed by atoms with Gasteiger partial charge >= 0.3 is 0 Å². The van der Waals surface area contributed by atoms with Crippen LogP contribution >= 0.6 is 0 Å². The Bertz CT molecular complexity index is 564. The molecule has 0 fully saturated rings. The molecule has 1 amide bonds. The zero-order valence-corrected chi connectivity index (χ0v) is 13.6. The molecule has 0 bridgehead atoms. The summed E-state index contributed by atoms with van der Waals surface area (Å²) in [5.74, 6) is 0.623. The van der Waals surface area contributed by atoms with Crippen LogP contribution in [0, 0.1) is 15.5 Å². The van der Waals surface area contributed by atoms with Gasteiger partial charge in [0.15, 0.2) is 11.5 Å². The van der Waals surface area contributed by atoms with E-state index in [-0.39, 0.29) is 11.6 Å². The van der Waals surface area contributed by atoms with Gasteiger partial charge in [0, 0.05) is 17.5 Å². The fraction of sp³-hybridized carbons (Fsp3) is 0.533. The molecule has 0 aromatic heterocycles. The lowest BCUT2D eigenvalue weighted by Crippen LogP contribution is -2.36. The minimum atomic E-state index is -0.496. The third-order valence-electron chi connectivity index (χ3n) is 3.14. The van der Waals surface area contributed by atoms with Crippen LogP contribution in [0.4, 0.5) is 5.69 Å². The summed E-state index contributed by atoms with van der Waals surface area (Å²) in [6.45, 7) is 5.73. The number of hydrogen-bond acceptors (Lipinski definition) is 5. The molecule has 122 valence electrons. The van der Waals surface area contributed by atoms with E-state index in [0.717, 1.165) is 0 Å². The van der Waals surface area contributed by atoms with E-state index in [1.807, 2.05) is 0 Å². The van der Waals surface area contributed by atoms with E-state index in [2.05, 4.69) is 5.32 Å². The molecule has 7 heteroatoms. The minimum absolute atomic E-state index is 0.0531. The average Bonchev–Trinajstić information content (AvgIpc) is 2.45. The largest absolute Gasteiger partial charge is 0.493 e. The Morgan fingerprint density at radius 2 is 1.77 bits per heavy atom. The number of benzene rings is 1. The third-order valence-corrected chi connectivity index (χ3v) is 3.14. The van der Waals surface area contributed by atoms with E-state index >= 15 is 0 Å². The first-order valence-electron chi connectivity index (χ1n) is 6.88. The van der Waals surface area contributed by atoms with E-state index in [0.29, 0.717) is 30.0 Å². The average molecular weight is 310 g/mol. The van der Waals surface area contributed by atoms with Crippen molar-refractivity contribution in [3.63, 3.8) is 0 Å². The second kappa shape index (κ2) is 7.11. The molecule has 0 aliphatic rings. The number of hydrogen-bond donors (Lipinski definition) is 1. The van der Waals surface area contributed by atoms with Crippen molar-refractivity contribution in [2.24, 2.45) is 5.41 Å². The van der Waals surface area contributed by atoms with E-state index < -0.39 is 10.3 Å². The molecule has 0 aliphatic heterocycles. The predicted octanol–water partition coefficient (Wildman–Crippen LogP) is 2.32. The lowest BCUT2D eigenvalue weighted by atomic mass is 9.95. The second-order valence-electron chi connectivity index (χ2n) is 5.85. The standard InChI is InChI=1S/C15H22N2O5/c1-15(2,3)14(18)16-7-6-10-8-12(21-4)13(22-5)9-11(10)17(19)20/h8-9H,6-7H2,1-5H3,(H,16,18). The van der Waals surface area contributed by atoms with Crippen LogP contribution in [0.3, 0.4) is 0 Å². The topological polar surface area (TPSA) is 90.7 Å². The van der Waals surface area contributed by atoms with Crippen molar-refractivity contribution in [3.8, 4) is 11.5 Å². The maximum absolute atomic E-state index is 11.8. The number of carbonyl (C=O) groups is 1. The number of ether oxygens (including phenoxy) is 2. The van der Waals surface area contributed by atoms with Gasteiger partial charge in [-0.2, -0.15) is 0 Å². The van der Waals surface area contributed by atoms with Crippen molar-refractivity contribution >= 4 is 11.6 Å². The zero-order valence-electron chi connectivity index (χ0n) is 13.6. The van der Waals surface area contributed by atoms with E-state index in [1.54, 1.807) is 26.8 Å². The van der Waals surface area contributed by atoms with E-state index in [9.17, 15) is 14.9 Å². The van der Waals surface area contributed by atoms with Crippen LogP contribution in [0.25, 0.3) is 0 Å². The van der Waals surface area contributed by atoms with Crippen molar-refractivity contribution in [2.75, 3.05) is 20.8 Å². The molecular formula is C15H22N2O5. The highest BCUT2D eigenvalue weighted by atomic mass is 16.6. The van der Waals surface area contributed by atoms with Gasteiger partial charge in [0.1, 0.15) is 0 Å². The predicted molar refractivity (Wildman–Crippen MR) is 82.4 cm³/mol. The molecule has 0 saturated heterocycles. The van der Waals surface area contributed by atoms with Gasteiger partial charge in [0.2, 0.25) is 5.91 Å². The fourth-order valence-corrected chi connectivity index (χ4v) is 1.86. The Morgan fingerprint density at radius 3 is 2.23 bits per heavy atom. The van der Waals surface area contributed by atoms with Gasteiger partial charge in [-0.15, -0.1) is 0 Å². The fourth-order valence-electron chi connectivity index (χ4n) is 1.86. The highest BCUT2D eigenvalue weighted by Crippen LogP contribution is 2.34. The van der Waals surface area contributed by atoms with Crippen LogP contribution in [0.5, 0.6) is 11.5 Å². The lowest BCUT2D eigenvalue weighted by molar-refractivity contribution is -0.385. The molecule has 0 aliphatic carbocycles. The van der Waals surface area contributed by atoms with Crippen molar-refractivity contribution in [3.05, 3.63) is 27.8 Å². The van der Waals surface area contributed by atoms with Gasteiger partial charge in [-0.25, -0.2) is 0 Å². The normalized spacial score (nSPS) is 11.0. The van der Waals surface area contributed by atoms with Crippen molar-refractivity contribution in [1.29, 1.82) is 0 Å². The summed E-state index contributed by atoms with van der Waals surface area (Å²) >= 11 is 0. The molecule has 1 aromatic rings. The third kappa shape index (κ3) is 4.34. The van der Waals surface area contributed by atoms with Gasteiger partial charge in [-0.3, -0.25) is 14.9 Å². The molecular weight excluding hydrogens is 288 g/mol. The number of methoxy groups -OCH3 is 2. The number of carbonyl (C=O) groups excluding carboxylic acids is 1. The number of nitro groups is 1. The van der Waals surface area contributed by atoms with Gasteiger partial charge in [-0.1, -0.05) is 20.8 Å². The maximum atomic E-state index is 11.8. The molecule has 0 radical (unpaired) electrons. The quantitative estimate of drug-likeness (QED) is 0.643. The van der Waals surface area contributed by atoms with E-state index in [4.69, 9.17) is 9.47 Å². The number of amides is 1. The van der Waals surface area contributed by atoms with Crippen molar-refractivity contribution in [2.45, 2.75) is 27.2 Å². The monoisotopic (exact) mass is 310 g/mol. The number of nitrogens with one attached hydrogen (secondary N) is 1. The van der Waals surface area contributed by atoms with Crippen LogP contribution in [-0.2, 0) is 11.2 Å². The highest BCUT2D eigenvalue weighted by molar-refractivity contribution is 5.81. The van der Waals surface area contributed by atoms with E-state index in [1.165, 1.54) is 20.3 Å². The maximum Gasteiger partial charge on any atom is 0.276 e. The molecule has 0 saturated carbocycles. The summed E-state index contributed by atoms with van der Waals surface area (Å²) in [6, 6.07) is 2.90. The van der Waals surface area contributed by atoms with Gasteiger partial charge in [0.25, 0.3) is 5.69 Å². The van der Waals surface area contributed by atoms with Crippen LogP contribution in [0.1, 0.15) is 26.3 Å². The Hall–Kier alpha value is -2.31. The zero-order chi connectivity index (χ0) is 16.9. The van der Waals surface area contributed by atoms with Crippen LogP contribution < -0.4 is 14.8 Å². The first-order chi connectivity index (χ1) is 10.2. The summed E-state index contributed by atoms with van der Waals surface area (Å²) in [5.41, 5.74) is -0.0664. The molecule has 0 spiro atoms. The SMILES string of the molecule is COc1cc(CCNC(=O)C(C)(C)C)c([N+](=O)[O-])cc1OC. The van der Waals surface area contributed by atoms with Gasteiger partial charge < -0.3 is 14.8 Å². The molecule has 1 aromatic carbocycles. The lowest BCUT2D eigenvalue weighted by Gasteiger charge is -2.17. The molecule has 22 heavy (non-hydrogen) atoms. The second-order valence-corrected chi connectivity index (χ2v) is 5.85. The van der Waals surface area contributed by atoms with Gasteiger partial charge in [-0.05, 0) is 12.5 Å². The molecule has 0 atom stereocenters.